The van der Waals surface area contributed by atoms with Crippen LogP contribution in [0.1, 0.15) is 11.1 Å². The molecule has 0 heterocycles. The van der Waals surface area contributed by atoms with Gasteiger partial charge in [0, 0.05) is 13.1 Å². The summed E-state index contributed by atoms with van der Waals surface area (Å²) >= 11 is 0. The van der Waals surface area contributed by atoms with Crippen molar-refractivity contribution in [1.29, 1.82) is 0 Å². The van der Waals surface area contributed by atoms with Crippen LogP contribution in [0.15, 0.2) is 60.7 Å². The second kappa shape index (κ2) is 7.16. The van der Waals surface area contributed by atoms with Crippen molar-refractivity contribution in [3.63, 3.8) is 0 Å². The van der Waals surface area contributed by atoms with E-state index in [0.717, 1.165) is 24.6 Å². The lowest BCUT2D eigenvalue weighted by molar-refractivity contribution is 0.354. The number of ether oxygens (including phenoxy) is 2. The van der Waals surface area contributed by atoms with Crippen LogP contribution < -0.4 is 14.8 Å². The normalized spacial score (nSPS) is 10.7. The fourth-order valence-corrected chi connectivity index (χ4v) is 2.78. The zero-order valence-corrected chi connectivity index (χ0v) is 13.5. The minimum absolute atomic E-state index is 0.755. The number of rotatable bonds is 6. The summed E-state index contributed by atoms with van der Waals surface area (Å²) in [4.78, 5) is 0. The van der Waals surface area contributed by atoms with Crippen molar-refractivity contribution in [1.82, 2.24) is 5.32 Å². The Kier molecular flexibility index (Phi) is 4.79. The van der Waals surface area contributed by atoms with Gasteiger partial charge in [-0.1, -0.05) is 48.5 Å². The lowest BCUT2D eigenvalue weighted by atomic mass is 10.0. The van der Waals surface area contributed by atoms with Crippen LogP contribution in [0.25, 0.3) is 10.8 Å². The van der Waals surface area contributed by atoms with Gasteiger partial charge in [0.2, 0.25) is 0 Å². The Hall–Kier alpha value is -2.52. The van der Waals surface area contributed by atoms with Gasteiger partial charge in [-0.15, -0.1) is 0 Å². The van der Waals surface area contributed by atoms with Gasteiger partial charge in [0.25, 0.3) is 0 Å². The molecule has 3 aromatic rings. The highest BCUT2D eigenvalue weighted by Crippen LogP contribution is 2.27. The lowest BCUT2D eigenvalue weighted by Gasteiger charge is -2.11. The molecule has 3 rings (SSSR count). The van der Waals surface area contributed by atoms with E-state index in [1.807, 2.05) is 12.1 Å². The van der Waals surface area contributed by atoms with Gasteiger partial charge in [0.1, 0.15) is 0 Å². The first kappa shape index (κ1) is 15.4. The number of nitrogens with one attached hydrogen (secondary N) is 1. The molecular formula is C20H21NO2. The van der Waals surface area contributed by atoms with Crippen molar-refractivity contribution in [2.75, 3.05) is 14.2 Å². The molecular weight excluding hydrogens is 286 g/mol. The van der Waals surface area contributed by atoms with Crippen LogP contribution in [0.5, 0.6) is 11.5 Å². The molecule has 0 radical (unpaired) electrons. The summed E-state index contributed by atoms with van der Waals surface area (Å²) < 4.78 is 10.6. The van der Waals surface area contributed by atoms with E-state index >= 15 is 0 Å². The Bertz CT molecular complexity index is 793. The van der Waals surface area contributed by atoms with Crippen molar-refractivity contribution < 1.29 is 9.47 Å². The molecule has 3 nitrogen and oxygen atoms in total. The minimum Gasteiger partial charge on any atom is -0.493 e. The number of methoxy groups -OCH3 is 2. The first-order valence-corrected chi connectivity index (χ1v) is 7.70. The van der Waals surface area contributed by atoms with Crippen molar-refractivity contribution in [2.24, 2.45) is 0 Å². The first-order valence-electron chi connectivity index (χ1n) is 7.70. The molecule has 0 saturated carbocycles. The molecule has 0 spiro atoms. The van der Waals surface area contributed by atoms with E-state index in [-0.39, 0.29) is 0 Å². The van der Waals surface area contributed by atoms with Crippen molar-refractivity contribution in [2.45, 2.75) is 13.1 Å². The average Bonchev–Trinajstić information content (AvgIpc) is 2.61. The molecule has 23 heavy (non-hydrogen) atoms. The van der Waals surface area contributed by atoms with Crippen LogP contribution in [0.3, 0.4) is 0 Å². The molecule has 0 aliphatic carbocycles. The maximum atomic E-state index is 5.35. The highest BCUT2D eigenvalue weighted by molar-refractivity contribution is 5.85. The van der Waals surface area contributed by atoms with Crippen LogP contribution in [-0.4, -0.2) is 14.2 Å². The highest BCUT2D eigenvalue weighted by Gasteiger charge is 2.05. The second-order valence-corrected chi connectivity index (χ2v) is 5.43. The minimum atomic E-state index is 0.755. The molecule has 0 amide bonds. The Morgan fingerprint density at radius 1 is 0.783 bits per heavy atom. The lowest BCUT2D eigenvalue weighted by Crippen LogP contribution is -2.13. The van der Waals surface area contributed by atoms with Crippen molar-refractivity contribution in [3.8, 4) is 11.5 Å². The Balaban J connectivity index is 1.69. The van der Waals surface area contributed by atoms with Crippen LogP contribution in [0.4, 0.5) is 0 Å². The summed E-state index contributed by atoms with van der Waals surface area (Å²) in [5, 5.41) is 6.08. The third kappa shape index (κ3) is 3.46. The van der Waals surface area contributed by atoms with Crippen LogP contribution in [0.2, 0.25) is 0 Å². The molecule has 0 unspecified atom stereocenters. The maximum absolute atomic E-state index is 5.35. The molecule has 0 aliphatic heterocycles. The van der Waals surface area contributed by atoms with Crippen LogP contribution >= 0.6 is 0 Å². The van der Waals surface area contributed by atoms with Gasteiger partial charge in [0.05, 0.1) is 14.2 Å². The Morgan fingerprint density at radius 3 is 2.39 bits per heavy atom. The van der Waals surface area contributed by atoms with Gasteiger partial charge in [-0.05, 0) is 34.0 Å². The third-order valence-electron chi connectivity index (χ3n) is 3.97. The van der Waals surface area contributed by atoms with E-state index < -0.39 is 0 Å². The number of hydrogen-bond acceptors (Lipinski definition) is 3. The summed E-state index contributed by atoms with van der Waals surface area (Å²) in [5.41, 5.74) is 2.48. The fraction of sp³-hybridized carbons (Fsp3) is 0.200. The fourth-order valence-electron chi connectivity index (χ4n) is 2.78. The summed E-state index contributed by atoms with van der Waals surface area (Å²) in [6.45, 7) is 1.61. The molecule has 0 aliphatic rings. The summed E-state index contributed by atoms with van der Waals surface area (Å²) in [5.74, 6) is 1.52. The molecule has 0 bridgehead atoms. The van der Waals surface area contributed by atoms with E-state index in [1.54, 1.807) is 14.2 Å². The molecule has 0 fully saturated rings. The number of fused-ring (bicyclic) bond motifs is 1. The van der Waals surface area contributed by atoms with Crippen LogP contribution in [-0.2, 0) is 13.1 Å². The molecule has 3 heteroatoms. The standard InChI is InChI=1S/C20H21NO2/c1-22-19-11-10-15(12-20(19)23-2)13-21-14-17-8-5-7-16-6-3-4-9-18(16)17/h3-12,21H,13-14H2,1-2H3. The predicted molar refractivity (Wildman–Crippen MR) is 94.0 cm³/mol. The quantitative estimate of drug-likeness (QED) is 0.742. The summed E-state index contributed by atoms with van der Waals surface area (Å²) in [6, 6.07) is 20.9. The Morgan fingerprint density at radius 2 is 1.57 bits per heavy atom. The van der Waals surface area contributed by atoms with Gasteiger partial charge in [-0.3, -0.25) is 0 Å². The van der Waals surface area contributed by atoms with Gasteiger partial charge in [-0.2, -0.15) is 0 Å². The smallest absolute Gasteiger partial charge is 0.161 e. The SMILES string of the molecule is COc1ccc(CNCc2cccc3ccccc23)cc1OC. The Labute approximate surface area is 136 Å². The molecule has 0 aromatic heterocycles. The zero-order valence-electron chi connectivity index (χ0n) is 13.5. The van der Waals surface area contributed by atoms with E-state index in [0.29, 0.717) is 0 Å². The van der Waals surface area contributed by atoms with E-state index in [9.17, 15) is 0 Å². The molecule has 0 atom stereocenters. The number of benzene rings is 3. The monoisotopic (exact) mass is 307 g/mol. The first-order chi connectivity index (χ1) is 11.3. The van der Waals surface area contributed by atoms with Gasteiger partial charge in [0.15, 0.2) is 11.5 Å². The second-order valence-electron chi connectivity index (χ2n) is 5.43. The molecule has 0 saturated heterocycles. The van der Waals surface area contributed by atoms with Gasteiger partial charge >= 0.3 is 0 Å². The van der Waals surface area contributed by atoms with Crippen LogP contribution in [0, 0.1) is 0 Å². The topological polar surface area (TPSA) is 30.5 Å². The third-order valence-corrected chi connectivity index (χ3v) is 3.97. The van der Waals surface area contributed by atoms with Crippen molar-refractivity contribution >= 4 is 10.8 Å². The summed E-state index contributed by atoms with van der Waals surface area (Å²) in [6.07, 6.45) is 0. The predicted octanol–water partition coefficient (Wildman–Crippen LogP) is 4.15. The van der Waals surface area contributed by atoms with Gasteiger partial charge in [-0.25, -0.2) is 0 Å². The van der Waals surface area contributed by atoms with E-state index in [4.69, 9.17) is 9.47 Å². The number of hydrogen-bond donors (Lipinski definition) is 1. The largest absolute Gasteiger partial charge is 0.493 e. The summed E-state index contributed by atoms with van der Waals surface area (Å²) in [7, 11) is 3.31. The zero-order chi connectivity index (χ0) is 16.1. The highest BCUT2D eigenvalue weighted by atomic mass is 16.5. The van der Waals surface area contributed by atoms with Gasteiger partial charge < -0.3 is 14.8 Å². The van der Waals surface area contributed by atoms with E-state index in [2.05, 4.69) is 53.8 Å². The van der Waals surface area contributed by atoms with Crippen molar-refractivity contribution in [3.05, 3.63) is 71.8 Å². The molecule has 118 valence electrons. The maximum Gasteiger partial charge on any atom is 0.161 e. The molecule has 3 aromatic carbocycles. The van der Waals surface area contributed by atoms with E-state index in [1.165, 1.54) is 21.9 Å². The average molecular weight is 307 g/mol. The molecule has 1 N–H and O–H groups in total.